The first-order valence-electron chi connectivity index (χ1n) is 5.85. The summed E-state index contributed by atoms with van der Waals surface area (Å²) in [6, 6.07) is 1.86. The highest BCUT2D eigenvalue weighted by molar-refractivity contribution is 7.91. The van der Waals surface area contributed by atoms with E-state index in [2.05, 4.69) is 15.3 Å². The van der Waals surface area contributed by atoms with E-state index in [4.69, 9.17) is 4.74 Å². The Morgan fingerprint density at radius 2 is 2.00 bits per heavy atom. The van der Waals surface area contributed by atoms with Crippen molar-refractivity contribution in [3.8, 4) is 5.88 Å². The van der Waals surface area contributed by atoms with Crippen LogP contribution in [0.1, 0.15) is 18.7 Å². The van der Waals surface area contributed by atoms with E-state index in [9.17, 15) is 8.42 Å². The second-order valence-corrected chi connectivity index (χ2v) is 6.72. The Hall–Kier alpha value is -1.37. The van der Waals surface area contributed by atoms with Crippen LogP contribution in [0.5, 0.6) is 5.88 Å². The fourth-order valence-corrected chi connectivity index (χ4v) is 3.45. The molecule has 0 saturated carbocycles. The molecule has 1 aromatic heterocycles. The van der Waals surface area contributed by atoms with Crippen molar-refractivity contribution in [1.29, 1.82) is 0 Å². The van der Waals surface area contributed by atoms with Gasteiger partial charge in [0.2, 0.25) is 5.88 Å². The number of hydrogen-bond acceptors (Lipinski definition) is 6. The van der Waals surface area contributed by atoms with Crippen LogP contribution in [0.2, 0.25) is 0 Å². The number of aromatic nitrogens is 2. The molecule has 1 aliphatic heterocycles. The Morgan fingerprint density at radius 3 is 2.61 bits per heavy atom. The molecule has 100 valence electrons. The van der Waals surface area contributed by atoms with Crippen LogP contribution in [-0.2, 0) is 9.84 Å². The maximum atomic E-state index is 11.3. The zero-order valence-electron chi connectivity index (χ0n) is 10.5. The second kappa shape index (κ2) is 5.09. The van der Waals surface area contributed by atoms with Crippen LogP contribution in [0, 0.1) is 6.92 Å². The molecular weight excluding hydrogens is 254 g/mol. The number of methoxy groups -OCH3 is 1. The molecular formula is C11H17N3O3S. The van der Waals surface area contributed by atoms with Crippen molar-refractivity contribution in [2.45, 2.75) is 25.8 Å². The molecule has 0 radical (unpaired) electrons. The Bertz CT molecular complexity index is 516. The van der Waals surface area contributed by atoms with Gasteiger partial charge in [-0.3, -0.25) is 0 Å². The summed E-state index contributed by atoms with van der Waals surface area (Å²) >= 11 is 0. The molecule has 1 N–H and O–H groups in total. The monoisotopic (exact) mass is 271 g/mol. The Labute approximate surface area is 107 Å². The summed E-state index contributed by atoms with van der Waals surface area (Å²) in [5.74, 6) is 2.30. The van der Waals surface area contributed by atoms with E-state index in [1.54, 1.807) is 20.1 Å². The average molecular weight is 271 g/mol. The summed E-state index contributed by atoms with van der Waals surface area (Å²) in [7, 11) is -1.27. The van der Waals surface area contributed by atoms with Gasteiger partial charge in [-0.25, -0.2) is 13.4 Å². The number of aryl methyl sites for hydroxylation is 1. The van der Waals surface area contributed by atoms with Crippen LogP contribution >= 0.6 is 0 Å². The third kappa shape index (κ3) is 3.32. The van der Waals surface area contributed by atoms with Crippen LogP contribution in [0.3, 0.4) is 0 Å². The zero-order valence-corrected chi connectivity index (χ0v) is 11.3. The highest BCUT2D eigenvalue weighted by atomic mass is 32.2. The smallest absolute Gasteiger partial charge is 0.218 e. The highest BCUT2D eigenvalue weighted by Crippen LogP contribution is 2.19. The van der Waals surface area contributed by atoms with Gasteiger partial charge in [-0.05, 0) is 19.8 Å². The molecule has 18 heavy (non-hydrogen) atoms. The molecule has 2 heterocycles. The summed E-state index contributed by atoms with van der Waals surface area (Å²) in [4.78, 5) is 8.36. The van der Waals surface area contributed by atoms with E-state index in [1.165, 1.54) is 0 Å². The van der Waals surface area contributed by atoms with Crippen LogP contribution < -0.4 is 10.1 Å². The van der Waals surface area contributed by atoms with Gasteiger partial charge in [0.15, 0.2) is 0 Å². The van der Waals surface area contributed by atoms with Crippen molar-refractivity contribution >= 4 is 15.7 Å². The van der Waals surface area contributed by atoms with E-state index in [0.717, 1.165) is 0 Å². The molecule has 0 bridgehead atoms. The van der Waals surface area contributed by atoms with Crippen molar-refractivity contribution in [1.82, 2.24) is 9.97 Å². The lowest BCUT2D eigenvalue weighted by Crippen LogP contribution is -2.32. The third-order valence-electron chi connectivity index (χ3n) is 2.93. The third-order valence-corrected chi connectivity index (χ3v) is 4.65. The van der Waals surface area contributed by atoms with Crippen molar-refractivity contribution in [3.05, 3.63) is 11.9 Å². The minimum atomic E-state index is -2.83. The van der Waals surface area contributed by atoms with E-state index in [1.807, 2.05) is 0 Å². The summed E-state index contributed by atoms with van der Waals surface area (Å²) in [6.45, 7) is 1.79. The number of nitrogens with one attached hydrogen (secondary N) is 1. The van der Waals surface area contributed by atoms with Gasteiger partial charge in [0.1, 0.15) is 21.5 Å². The normalized spacial score (nSPS) is 19.4. The quantitative estimate of drug-likeness (QED) is 0.875. The lowest BCUT2D eigenvalue weighted by Gasteiger charge is -2.23. The first-order valence-corrected chi connectivity index (χ1v) is 7.67. The van der Waals surface area contributed by atoms with Crippen LogP contribution in [0.15, 0.2) is 6.07 Å². The van der Waals surface area contributed by atoms with Gasteiger partial charge < -0.3 is 10.1 Å². The Morgan fingerprint density at radius 1 is 1.33 bits per heavy atom. The van der Waals surface area contributed by atoms with Crippen molar-refractivity contribution in [2.75, 3.05) is 23.9 Å². The highest BCUT2D eigenvalue weighted by Gasteiger charge is 2.23. The van der Waals surface area contributed by atoms with E-state index in [0.29, 0.717) is 30.4 Å². The molecule has 1 aromatic rings. The molecule has 7 heteroatoms. The summed E-state index contributed by atoms with van der Waals surface area (Å²) < 4.78 is 27.7. The molecule has 2 rings (SSSR count). The largest absolute Gasteiger partial charge is 0.481 e. The van der Waals surface area contributed by atoms with Gasteiger partial charge in [0.25, 0.3) is 0 Å². The molecule has 1 saturated heterocycles. The minimum Gasteiger partial charge on any atom is -0.481 e. The predicted octanol–water partition coefficient (Wildman–Crippen LogP) is 0.783. The fraction of sp³-hybridized carbons (Fsp3) is 0.636. The summed E-state index contributed by atoms with van der Waals surface area (Å²) in [5.41, 5.74) is 0. The molecule has 0 atom stereocenters. The average Bonchev–Trinajstić information content (AvgIpc) is 2.31. The molecule has 1 aliphatic rings. The van der Waals surface area contributed by atoms with E-state index in [-0.39, 0.29) is 17.5 Å². The van der Waals surface area contributed by atoms with Gasteiger partial charge in [-0.2, -0.15) is 4.98 Å². The number of hydrogen-bond donors (Lipinski definition) is 1. The molecule has 1 fully saturated rings. The second-order valence-electron chi connectivity index (χ2n) is 4.41. The standard InChI is InChI=1S/C11H17N3O3S/c1-8-12-10(7-11(13-8)17-2)14-9-3-5-18(15,16)6-4-9/h7,9H,3-6H2,1-2H3,(H,12,13,14). The number of nitrogens with zero attached hydrogens (tertiary/aromatic N) is 2. The van der Waals surface area contributed by atoms with Gasteiger partial charge in [0, 0.05) is 12.1 Å². The minimum absolute atomic E-state index is 0.146. The first-order chi connectivity index (χ1) is 8.48. The maximum Gasteiger partial charge on any atom is 0.218 e. The van der Waals surface area contributed by atoms with Crippen molar-refractivity contribution in [3.63, 3.8) is 0 Å². The predicted molar refractivity (Wildman–Crippen MR) is 68.6 cm³/mol. The number of anilines is 1. The van der Waals surface area contributed by atoms with Crippen LogP contribution in [0.4, 0.5) is 5.82 Å². The zero-order chi connectivity index (χ0) is 13.2. The molecule has 0 aliphatic carbocycles. The van der Waals surface area contributed by atoms with Gasteiger partial charge >= 0.3 is 0 Å². The van der Waals surface area contributed by atoms with Crippen LogP contribution in [0.25, 0.3) is 0 Å². The van der Waals surface area contributed by atoms with Crippen molar-refractivity contribution < 1.29 is 13.2 Å². The number of ether oxygens (including phenoxy) is 1. The topological polar surface area (TPSA) is 81.2 Å². The Balaban J connectivity index is 2.04. The molecule has 0 spiro atoms. The van der Waals surface area contributed by atoms with E-state index < -0.39 is 9.84 Å². The Kier molecular flexibility index (Phi) is 3.70. The first kappa shape index (κ1) is 13.1. The van der Waals surface area contributed by atoms with Crippen molar-refractivity contribution in [2.24, 2.45) is 0 Å². The van der Waals surface area contributed by atoms with Gasteiger partial charge in [-0.1, -0.05) is 0 Å². The van der Waals surface area contributed by atoms with Gasteiger partial charge in [-0.15, -0.1) is 0 Å². The lowest BCUT2D eigenvalue weighted by molar-refractivity contribution is 0.395. The van der Waals surface area contributed by atoms with Crippen LogP contribution in [-0.4, -0.2) is 43.0 Å². The SMILES string of the molecule is COc1cc(NC2CCS(=O)(=O)CC2)nc(C)n1. The summed E-state index contributed by atoms with van der Waals surface area (Å²) in [6.07, 6.45) is 1.24. The maximum absolute atomic E-state index is 11.3. The van der Waals surface area contributed by atoms with E-state index >= 15 is 0 Å². The molecule has 0 unspecified atom stereocenters. The number of sulfone groups is 1. The molecule has 0 amide bonds. The lowest BCUT2D eigenvalue weighted by atomic mass is 10.1. The van der Waals surface area contributed by atoms with Gasteiger partial charge in [0.05, 0.1) is 18.6 Å². The number of rotatable bonds is 3. The molecule has 6 nitrogen and oxygen atoms in total. The summed E-state index contributed by atoms with van der Waals surface area (Å²) in [5, 5.41) is 3.24. The molecule has 0 aromatic carbocycles. The fourth-order valence-electron chi connectivity index (χ4n) is 1.96.